The smallest absolute Gasteiger partial charge is 0.338 e. The Balaban J connectivity index is 2.18. The summed E-state index contributed by atoms with van der Waals surface area (Å²) in [5.41, 5.74) is 1.28. The van der Waals surface area contributed by atoms with Crippen molar-refractivity contribution in [2.24, 2.45) is 0 Å². The third-order valence-corrected chi connectivity index (χ3v) is 6.82. The van der Waals surface area contributed by atoms with Crippen LogP contribution in [0.1, 0.15) is 42.3 Å². The highest BCUT2D eigenvalue weighted by molar-refractivity contribution is 7.89. The number of esters is 1. The maximum atomic E-state index is 12.7. The summed E-state index contributed by atoms with van der Waals surface area (Å²) in [6.45, 7) is 5.25. The monoisotopic (exact) mass is 419 g/mol. The van der Waals surface area contributed by atoms with Crippen molar-refractivity contribution in [3.05, 3.63) is 65.7 Å². The fourth-order valence-electron chi connectivity index (χ4n) is 3.05. The maximum Gasteiger partial charge on any atom is 0.338 e. The molecule has 0 aliphatic carbocycles. The molecule has 0 fully saturated rings. The first kappa shape index (κ1) is 23.1. The summed E-state index contributed by atoms with van der Waals surface area (Å²) in [4.78, 5) is 14.1. The molecule has 0 aromatic heterocycles. The Morgan fingerprint density at radius 1 is 1.00 bits per heavy atom. The van der Waals surface area contributed by atoms with Gasteiger partial charge in [0.2, 0.25) is 10.0 Å². The summed E-state index contributed by atoms with van der Waals surface area (Å²) in [7, 11) is 0.560. The first-order chi connectivity index (χ1) is 13.8. The van der Waals surface area contributed by atoms with Gasteiger partial charge in [0.1, 0.15) is 6.10 Å². The van der Waals surface area contributed by atoms with Crippen molar-refractivity contribution in [2.75, 3.05) is 33.7 Å². The number of carbonyl (C=O) groups excluding carboxylic acids is 1. The van der Waals surface area contributed by atoms with Crippen molar-refractivity contribution in [3.8, 4) is 0 Å². The van der Waals surface area contributed by atoms with Crippen molar-refractivity contribution in [1.29, 1.82) is 0 Å². The Kier molecular flexibility index (Phi) is 8.37. The lowest BCUT2D eigenvalue weighted by molar-refractivity contribution is -0.858. The largest absolute Gasteiger partial charge is 0.454 e. The van der Waals surface area contributed by atoms with Crippen molar-refractivity contribution < 1.29 is 22.8 Å². The molecule has 0 aliphatic heterocycles. The summed E-state index contributed by atoms with van der Waals surface area (Å²) < 4.78 is 32.4. The van der Waals surface area contributed by atoms with Crippen LogP contribution in [0.4, 0.5) is 0 Å². The zero-order valence-electron chi connectivity index (χ0n) is 17.6. The number of rotatable bonds is 10. The summed E-state index contributed by atoms with van der Waals surface area (Å²) in [5.74, 6) is -0.459. The number of hydrogen-bond acceptors (Lipinski definition) is 4. The Hall–Kier alpha value is -2.22. The molecule has 0 unspecified atom stereocenters. The van der Waals surface area contributed by atoms with E-state index in [0.717, 1.165) is 12.1 Å². The minimum absolute atomic E-state index is 0.175. The molecule has 29 heavy (non-hydrogen) atoms. The first-order valence-corrected chi connectivity index (χ1v) is 11.4. The van der Waals surface area contributed by atoms with Crippen LogP contribution in [-0.4, -0.2) is 52.4 Å². The van der Waals surface area contributed by atoms with Crippen molar-refractivity contribution in [2.45, 2.75) is 31.3 Å². The number of hydrogen-bond donors (Lipinski definition) is 1. The molecule has 6 nitrogen and oxygen atoms in total. The fourth-order valence-corrected chi connectivity index (χ4v) is 4.51. The number of quaternary nitrogens is 1. The summed E-state index contributed by atoms with van der Waals surface area (Å²) in [5, 5.41) is 0. The molecule has 0 heterocycles. The van der Waals surface area contributed by atoms with Gasteiger partial charge in [-0.15, -0.1) is 0 Å². The van der Waals surface area contributed by atoms with Crippen LogP contribution in [0.5, 0.6) is 0 Å². The second-order valence-electron chi connectivity index (χ2n) is 7.16. The van der Waals surface area contributed by atoms with Gasteiger partial charge in [0, 0.05) is 19.5 Å². The van der Waals surface area contributed by atoms with Crippen LogP contribution in [-0.2, 0) is 14.8 Å². The van der Waals surface area contributed by atoms with E-state index in [0.29, 0.717) is 25.1 Å². The number of benzene rings is 2. The third kappa shape index (κ3) is 6.13. The molecular formula is C22H31N2O4S+. The minimum Gasteiger partial charge on any atom is -0.454 e. The SMILES string of the molecule is CCN(CC)S(=O)(=O)c1ccc(C(=O)O[C@H](CC[NH+](C)C)c2ccccc2)cc1. The fraction of sp³-hybridized carbons (Fsp3) is 0.409. The van der Waals surface area contributed by atoms with E-state index in [9.17, 15) is 13.2 Å². The lowest BCUT2D eigenvalue weighted by Crippen LogP contribution is -3.05. The standard InChI is InChI=1S/C22H30N2O4S/c1-5-24(6-2)29(26,27)20-14-12-19(13-15-20)22(25)28-21(16-17-23(3)4)18-10-8-7-9-11-18/h7-15,21H,5-6,16-17H2,1-4H3/p+1/t21-/m1/s1. The molecule has 0 radical (unpaired) electrons. The zero-order chi connectivity index (χ0) is 21.4. The highest BCUT2D eigenvalue weighted by atomic mass is 32.2. The van der Waals surface area contributed by atoms with E-state index < -0.39 is 16.0 Å². The Labute approximate surface area is 174 Å². The van der Waals surface area contributed by atoms with Crippen LogP contribution in [0.25, 0.3) is 0 Å². The molecule has 2 aromatic carbocycles. The molecule has 1 N–H and O–H groups in total. The number of nitrogens with zero attached hydrogens (tertiary/aromatic N) is 1. The minimum atomic E-state index is -3.55. The van der Waals surface area contributed by atoms with Gasteiger partial charge in [-0.05, 0) is 29.8 Å². The lowest BCUT2D eigenvalue weighted by Gasteiger charge is -2.20. The van der Waals surface area contributed by atoms with E-state index in [4.69, 9.17) is 4.74 Å². The predicted octanol–water partition coefficient (Wildman–Crippen LogP) is 2.15. The summed E-state index contributed by atoms with van der Waals surface area (Å²) in [6, 6.07) is 15.6. The van der Waals surface area contributed by atoms with Crippen molar-refractivity contribution >= 4 is 16.0 Å². The topological polar surface area (TPSA) is 68.1 Å². The van der Waals surface area contributed by atoms with Crippen LogP contribution in [0, 0.1) is 0 Å². The molecule has 1 atom stereocenters. The molecule has 0 bridgehead atoms. The van der Waals surface area contributed by atoms with Crippen molar-refractivity contribution in [1.82, 2.24) is 4.31 Å². The van der Waals surface area contributed by atoms with Crippen LogP contribution < -0.4 is 4.90 Å². The molecule has 0 saturated heterocycles. The van der Waals surface area contributed by atoms with Gasteiger partial charge in [0.15, 0.2) is 0 Å². The van der Waals surface area contributed by atoms with Gasteiger partial charge in [-0.2, -0.15) is 4.31 Å². The molecule has 0 aliphatic rings. The van der Waals surface area contributed by atoms with Gasteiger partial charge < -0.3 is 9.64 Å². The quantitative estimate of drug-likeness (QED) is 0.599. The second-order valence-corrected chi connectivity index (χ2v) is 9.10. The molecule has 7 heteroatoms. The molecule has 2 rings (SSSR count). The Morgan fingerprint density at radius 3 is 2.10 bits per heavy atom. The van der Waals surface area contributed by atoms with Crippen molar-refractivity contribution in [3.63, 3.8) is 0 Å². The molecule has 0 spiro atoms. The molecular weight excluding hydrogens is 388 g/mol. The highest BCUT2D eigenvalue weighted by Crippen LogP contribution is 2.23. The van der Waals surface area contributed by atoms with Crippen LogP contribution in [0.15, 0.2) is 59.5 Å². The summed E-state index contributed by atoms with van der Waals surface area (Å²) in [6.07, 6.45) is 0.352. The normalized spacial score (nSPS) is 12.9. The van der Waals surface area contributed by atoms with Crippen LogP contribution in [0.2, 0.25) is 0 Å². The Bertz CT molecular complexity index is 877. The molecule has 2 aromatic rings. The number of carbonyl (C=O) groups is 1. The van der Waals surface area contributed by atoms with Crippen LogP contribution >= 0.6 is 0 Å². The van der Waals surface area contributed by atoms with Gasteiger partial charge in [0.25, 0.3) is 0 Å². The zero-order valence-corrected chi connectivity index (χ0v) is 18.4. The lowest BCUT2D eigenvalue weighted by atomic mass is 10.1. The average molecular weight is 420 g/mol. The highest BCUT2D eigenvalue weighted by Gasteiger charge is 2.23. The number of sulfonamides is 1. The van der Waals surface area contributed by atoms with Gasteiger partial charge in [-0.25, -0.2) is 13.2 Å². The van der Waals surface area contributed by atoms with Gasteiger partial charge in [-0.3, -0.25) is 0 Å². The van der Waals surface area contributed by atoms with Gasteiger partial charge >= 0.3 is 5.97 Å². The second kappa shape index (κ2) is 10.5. The third-order valence-electron chi connectivity index (χ3n) is 4.76. The van der Waals surface area contributed by atoms with Gasteiger partial charge in [0.05, 0.1) is 31.1 Å². The van der Waals surface area contributed by atoms with Gasteiger partial charge in [-0.1, -0.05) is 44.2 Å². The van der Waals surface area contributed by atoms with E-state index in [1.54, 1.807) is 13.8 Å². The number of ether oxygens (including phenoxy) is 1. The van der Waals surface area contributed by atoms with E-state index in [-0.39, 0.29) is 11.0 Å². The predicted molar refractivity (Wildman–Crippen MR) is 113 cm³/mol. The van der Waals surface area contributed by atoms with E-state index in [2.05, 4.69) is 14.1 Å². The van der Waals surface area contributed by atoms with E-state index in [1.165, 1.54) is 33.5 Å². The molecule has 158 valence electrons. The summed E-state index contributed by atoms with van der Waals surface area (Å²) >= 11 is 0. The first-order valence-electron chi connectivity index (χ1n) is 9.94. The average Bonchev–Trinajstić information content (AvgIpc) is 2.72. The Morgan fingerprint density at radius 2 is 1.59 bits per heavy atom. The molecule has 0 amide bonds. The van der Waals surface area contributed by atoms with E-state index >= 15 is 0 Å². The van der Waals surface area contributed by atoms with E-state index in [1.807, 2.05) is 30.3 Å². The van der Waals surface area contributed by atoms with Crippen LogP contribution in [0.3, 0.4) is 0 Å². The number of nitrogens with one attached hydrogen (secondary N) is 1. The maximum absolute atomic E-state index is 12.7. The molecule has 0 saturated carbocycles.